The van der Waals surface area contributed by atoms with Crippen molar-refractivity contribution in [2.45, 2.75) is 27.1 Å². The number of aryl methyl sites for hydroxylation is 1. The zero-order valence-electron chi connectivity index (χ0n) is 18.2. The molecular formula is C23H19F3O6S2. The lowest BCUT2D eigenvalue weighted by Crippen LogP contribution is -2.27. The fourth-order valence-corrected chi connectivity index (χ4v) is 9.04. The molecule has 0 fully saturated rings. The summed E-state index contributed by atoms with van der Waals surface area (Å²) >= 11 is 0. The third-order valence-corrected chi connectivity index (χ3v) is 10.3. The Morgan fingerprint density at radius 2 is 1.68 bits per heavy atom. The van der Waals surface area contributed by atoms with Crippen LogP contribution in [0, 0.1) is 6.92 Å². The molecule has 0 aromatic heterocycles. The molecule has 1 aliphatic rings. The van der Waals surface area contributed by atoms with E-state index in [1.54, 1.807) is 31.2 Å². The number of carbonyl (C=O) groups excluding carboxylic acids is 1. The van der Waals surface area contributed by atoms with Gasteiger partial charge in [-0.3, -0.25) is 4.79 Å². The van der Waals surface area contributed by atoms with Crippen LogP contribution in [0.4, 0.5) is 13.2 Å². The summed E-state index contributed by atoms with van der Waals surface area (Å²) in [6.07, 6.45) is 0.520. The van der Waals surface area contributed by atoms with Gasteiger partial charge in [-0.2, -0.15) is 25.2 Å². The maximum absolute atomic E-state index is 13.6. The molecule has 1 heterocycles. The van der Waals surface area contributed by atoms with E-state index in [2.05, 4.69) is 0 Å². The highest BCUT2D eigenvalue weighted by atomic mass is 32.3. The molecule has 1 atom stereocenters. The maximum atomic E-state index is 13.6. The van der Waals surface area contributed by atoms with Crippen LogP contribution in [0.1, 0.15) is 15.9 Å². The second-order valence-electron chi connectivity index (χ2n) is 7.42. The number of halogens is 3. The van der Waals surface area contributed by atoms with E-state index in [-0.39, 0.29) is 26.0 Å². The molecule has 1 unspecified atom stereocenters. The van der Waals surface area contributed by atoms with Crippen LogP contribution in [0.25, 0.3) is 11.1 Å². The smallest absolute Gasteiger partial charge is 0.497 e. The van der Waals surface area contributed by atoms with E-state index in [4.69, 9.17) is 13.1 Å². The van der Waals surface area contributed by atoms with E-state index in [1.165, 1.54) is 44.6 Å². The van der Waals surface area contributed by atoms with Gasteiger partial charge in [-0.05, 0) is 47.1 Å². The van der Waals surface area contributed by atoms with Crippen LogP contribution < -0.4 is 9.47 Å². The minimum Gasteiger partial charge on any atom is -0.497 e. The van der Waals surface area contributed by atoms with Crippen LogP contribution >= 0.6 is 10.3 Å². The molecule has 0 amide bonds. The number of rotatable bonds is 6. The number of hydrogen-bond acceptors (Lipinski definition) is 6. The molecule has 0 aliphatic carbocycles. The largest absolute Gasteiger partial charge is 0.524 e. The SMILES string of the molecule is COc1cc(OC)c2c(c1)-c1cc(C)ccc1S2(OS(=O)(=O)C(F)(F)F)c1cccc(C=O)c1. The summed E-state index contributed by atoms with van der Waals surface area (Å²) in [5.74, 6) is 0.450. The number of benzene rings is 3. The fraction of sp³-hybridized carbons (Fsp3) is 0.174. The maximum Gasteiger partial charge on any atom is 0.524 e. The van der Waals surface area contributed by atoms with Crippen molar-refractivity contribution < 1.29 is 39.5 Å². The second-order valence-corrected chi connectivity index (χ2v) is 11.8. The molecule has 0 radical (unpaired) electrons. The van der Waals surface area contributed by atoms with Gasteiger partial charge in [0.25, 0.3) is 0 Å². The Hall–Kier alpha value is -3.02. The Balaban J connectivity index is 2.21. The standard InChI is InChI=1S/C23H19F3O6S2/c1-14-7-8-21-18(9-14)19-11-16(30-2)12-20(31-3)22(19)33(21,32-34(28,29)23(24,25)26)17-6-4-5-15(10-17)13-27/h4-13H,1-3H3. The number of alkyl halides is 3. The van der Waals surface area contributed by atoms with E-state index in [9.17, 15) is 26.4 Å². The third kappa shape index (κ3) is 3.64. The molecule has 180 valence electrons. The number of methoxy groups -OCH3 is 2. The van der Waals surface area contributed by atoms with Crippen molar-refractivity contribution >= 4 is 26.7 Å². The van der Waals surface area contributed by atoms with E-state index in [0.717, 1.165) is 5.56 Å². The topological polar surface area (TPSA) is 78.9 Å². The van der Waals surface area contributed by atoms with Crippen LogP contribution in [0.15, 0.2) is 69.3 Å². The van der Waals surface area contributed by atoms with Gasteiger partial charge >= 0.3 is 15.6 Å². The van der Waals surface area contributed by atoms with Crippen LogP contribution in [0.5, 0.6) is 11.5 Å². The number of hydrogen-bond donors (Lipinski definition) is 0. The summed E-state index contributed by atoms with van der Waals surface area (Å²) in [5.41, 5.74) is -3.84. The summed E-state index contributed by atoms with van der Waals surface area (Å²) in [7, 11) is -6.91. The highest BCUT2D eigenvalue weighted by molar-refractivity contribution is 8.33. The van der Waals surface area contributed by atoms with E-state index >= 15 is 0 Å². The van der Waals surface area contributed by atoms with Gasteiger partial charge in [-0.15, -0.1) is 0 Å². The monoisotopic (exact) mass is 512 g/mol. The minimum absolute atomic E-state index is 0.0899. The number of ether oxygens (including phenoxy) is 2. The molecule has 0 bridgehead atoms. The molecule has 0 saturated carbocycles. The zero-order valence-corrected chi connectivity index (χ0v) is 19.8. The van der Waals surface area contributed by atoms with Crippen molar-refractivity contribution in [2.24, 2.45) is 0 Å². The Morgan fingerprint density at radius 1 is 0.941 bits per heavy atom. The van der Waals surface area contributed by atoms with Crippen LogP contribution in [-0.2, 0) is 13.7 Å². The molecule has 0 N–H and O–H groups in total. The van der Waals surface area contributed by atoms with Gasteiger partial charge in [0, 0.05) is 27.0 Å². The molecule has 4 rings (SSSR count). The summed E-state index contributed by atoms with van der Waals surface area (Å²) in [4.78, 5) is 12.0. The van der Waals surface area contributed by atoms with Crippen molar-refractivity contribution in [3.05, 3.63) is 65.7 Å². The molecule has 3 aromatic carbocycles. The summed E-state index contributed by atoms with van der Waals surface area (Å²) in [6, 6.07) is 13.7. The highest BCUT2D eigenvalue weighted by Gasteiger charge is 2.55. The van der Waals surface area contributed by atoms with E-state index in [1.807, 2.05) is 0 Å². The van der Waals surface area contributed by atoms with Gasteiger partial charge in [0.1, 0.15) is 17.8 Å². The first kappa shape index (κ1) is 24.1. The quantitative estimate of drug-likeness (QED) is 0.304. The first-order valence-electron chi connectivity index (χ1n) is 9.76. The van der Waals surface area contributed by atoms with Gasteiger partial charge in [0.05, 0.1) is 19.1 Å². The van der Waals surface area contributed by atoms with E-state index < -0.39 is 25.9 Å². The van der Waals surface area contributed by atoms with Crippen LogP contribution in [-0.4, -0.2) is 34.4 Å². The van der Waals surface area contributed by atoms with Gasteiger partial charge in [-0.25, -0.2) is 0 Å². The lowest BCUT2D eigenvalue weighted by molar-refractivity contribution is -0.0496. The average molecular weight is 513 g/mol. The second kappa shape index (κ2) is 8.33. The Kier molecular flexibility index (Phi) is 5.91. The summed E-state index contributed by atoms with van der Waals surface area (Å²) in [5, 5.41) is 0. The highest BCUT2D eigenvalue weighted by Crippen LogP contribution is 2.79. The predicted octanol–water partition coefficient (Wildman–Crippen LogP) is 5.87. The number of aldehydes is 1. The van der Waals surface area contributed by atoms with Crippen molar-refractivity contribution in [1.82, 2.24) is 0 Å². The minimum atomic E-state index is -6.08. The number of fused-ring (bicyclic) bond motifs is 3. The lowest BCUT2D eigenvalue weighted by Gasteiger charge is -2.37. The molecule has 1 aliphatic heterocycles. The molecule has 3 aromatic rings. The van der Waals surface area contributed by atoms with Crippen molar-refractivity contribution in [3.8, 4) is 22.6 Å². The molecular weight excluding hydrogens is 493 g/mol. The molecule has 0 saturated heterocycles. The van der Waals surface area contributed by atoms with E-state index in [0.29, 0.717) is 23.2 Å². The van der Waals surface area contributed by atoms with Gasteiger partial charge in [0.2, 0.25) is 0 Å². The van der Waals surface area contributed by atoms with Gasteiger partial charge in [0.15, 0.2) is 0 Å². The van der Waals surface area contributed by atoms with Crippen LogP contribution in [0.3, 0.4) is 0 Å². The Bertz CT molecular complexity index is 1400. The normalized spacial score (nSPS) is 19.0. The zero-order chi connectivity index (χ0) is 24.9. The average Bonchev–Trinajstić information content (AvgIpc) is 3.07. The van der Waals surface area contributed by atoms with Crippen molar-refractivity contribution in [3.63, 3.8) is 0 Å². The molecule has 6 nitrogen and oxygen atoms in total. The summed E-state index contributed by atoms with van der Waals surface area (Å²) < 4.78 is 81.9. The predicted molar refractivity (Wildman–Crippen MR) is 120 cm³/mol. The summed E-state index contributed by atoms with van der Waals surface area (Å²) in [6.45, 7) is 1.80. The van der Waals surface area contributed by atoms with Crippen molar-refractivity contribution in [2.75, 3.05) is 14.2 Å². The van der Waals surface area contributed by atoms with Crippen molar-refractivity contribution in [1.29, 1.82) is 0 Å². The third-order valence-electron chi connectivity index (χ3n) is 5.31. The number of carbonyl (C=O) groups is 1. The first-order valence-corrected chi connectivity index (χ1v) is 12.7. The fourth-order valence-electron chi connectivity index (χ4n) is 3.85. The first-order chi connectivity index (χ1) is 16.0. The Labute approximate surface area is 195 Å². The van der Waals surface area contributed by atoms with Gasteiger partial charge < -0.3 is 9.47 Å². The molecule has 34 heavy (non-hydrogen) atoms. The Morgan fingerprint density at radius 3 is 2.29 bits per heavy atom. The van der Waals surface area contributed by atoms with Gasteiger partial charge in [-0.1, -0.05) is 29.8 Å². The molecule has 11 heteroatoms. The van der Waals surface area contributed by atoms with Crippen LogP contribution in [0.2, 0.25) is 0 Å². The lowest BCUT2D eigenvalue weighted by atomic mass is 10.0. The molecule has 0 spiro atoms.